The average molecular weight is 625 g/mol. The first-order valence-electron chi connectivity index (χ1n) is 14.1. The van der Waals surface area contributed by atoms with Crippen molar-refractivity contribution in [1.82, 2.24) is 14.5 Å². The normalized spacial score (nSPS) is 24.0. The molecule has 2 amide bonds. The molecule has 2 aliphatic rings. The van der Waals surface area contributed by atoms with Crippen LogP contribution in [-0.4, -0.2) is 72.6 Å². The highest BCUT2D eigenvalue weighted by atomic mass is 35.5. The molecule has 1 saturated heterocycles. The number of likely N-dealkylation sites (N-methyl/N-ethyl adjacent to an activating group) is 1. The third-order valence-corrected chi connectivity index (χ3v) is 11.1. The molecule has 2 N–H and O–H groups in total. The van der Waals surface area contributed by atoms with Gasteiger partial charge in [-0.05, 0) is 61.1 Å². The Morgan fingerprint density at radius 1 is 1.15 bits per heavy atom. The van der Waals surface area contributed by atoms with Gasteiger partial charge >= 0.3 is 0 Å². The second-order valence-corrected chi connectivity index (χ2v) is 14.7. The van der Waals surface area contributed by atoms with Gasteiger partial charge in [0, 0.05) is 48.6 Å². The van der Waals surface area contributed by atoms with Gasteiger partial charge in [0.15, 0.2) is 0 Å². The number of nitrogens with zero attached hydrogens (tertiary/aromatic N) is 2. The highest BCUT2D eigenvalue weighted by molar-refractivity contribution is 7.90. The van der Waals surface area contributed by atoms with Crippen molar-refractivity contribution in [1.29, 1.82) is 0 Å². The first kappa shape index (κ1) is 31.8. The van der Waals surface area contributed by atoms with Crippen molar-refractivity contribution >= 4 is 45.0 Å². The minimum atomic E-state index is -3.47. The molecule has 8 nitrogen and oxygen atoms in total. The number of piperidine rings is 1. The third-order valence-electron chi connectivity index (χ3n) is 8.29. The predicted octanol–water partition coefficient (Wildman–Crippen LogP) is 4.76. The van der Waals surface area contributed by atoms with E-state index in [2.05, 4.69) is 5.32 Å². The van der Waals surface area contributed by atoms with Crippen molar-refractivity contribution in [2.75, 3.05) is 26.7 Å². The molecular formula is C30H39Cl2N3O5S. The topological polar surface area (TPSA) is 107 Å². The third kappa shape index (κ3) is 7.08. The maximum Gasteiger partial charge on any atom is 0.229 e. The fourth-order valence-electron chi connectivity index (χ4n) is 5.99. The number of aliphatic hydroxyl groups is 1. The van der Waals surface area contributed by atoms with Crippen LogP contribution < -0.4 is 5.32 Å². The maximum absolute atomic E-state index is 14.6. The number of carbonyl (C=O) groups is 2. The Hall–Kier alpha value is -2.17. The number of hydrogen-bond donors (Lipinski definition) is 2. The Balaban J connectivity index is 1.84. The van der Waals surface area contributed by atoms with Gasteiger partial charge < -0.3 is 15.3 Å². The Bertz CT molecular complexity index is 1350. The number of carbonyl (C=O) groups excluding carboxylic acids is 2. The lowest BCUT2D eigenvalue weighted by Gasteiger charge is -2.52. The van der Waals surface area contributed by atoms with E-state index in [1.165, 1.54) is 4.31 Å². The van der Waals surface area contributed by atoms with E-state index in [1.807, 2.05) is 42.2 Å². The van der Waals surface area contributed by atoms with E-state index < -0.39 is 27.5 Å². The second kappa shape index (κ2) is 13.0. The maximum atomic E-state index is 14.6. The molecule has 224 valence electrons. The summed E-state index contributed by atoms with van der Waals surface area (Å²) in [4.78, 5) is 29.3. The number of likely N-dealkylation sites (tertiary alicyclic amines) is 1. The Morgan fingerprint density at radius 2 is 1.83 bits per heavy atom. The summed E-state index contributed by atoms with van der Waals surface area (Å²) in [6.07, 6.45) is 2.11. The molecule has 2 fully saturated rings. The summed E-state index contributed by atoms with van der Waals surface area (Å²) >= 11 is 12.7. The standard InChI is InChI=1S/C30H39Cl2N3O5S/c1-4-24(19-34(3)41(39,40)25-12-13-25)35-28(20-8-10-22(31)11-9-20)26(21-6-5-7-23(32)16-21)17-30(2,29(35)38)18-27(37)33-14-15-36/h5-11,16,24-26,28,36H,4,12-15,17-19H2,1-3H3,(H,33,37)/t24?,26-,28-,30-/m1/s1. The van der Waals surface area contributed by atoms with Gasteiger partial charge in [0.2, 0.25) is 21.8 Å². The molecule has 0 spiro atoms. The Labute approximate surface area is 253 Å². The minimum Gasteiger partial charge on any atom is -0.395 e. The molecule has 0 bridgehead atoms. The van der Waals surface area contributed by atoms with Crippen molar-refractivity contribution in [3.05, 3.63) is 69.7 Å². The molecule has 2 aromatic carbocycles. The highest BCUT2D eigenvalue weighted by Crippen LogP contribution is 2.52. The van der Waals surface area contributed by atoms with Gasteiger partial charge in [0.1, 0.15) is 0 Å². The lowest BCUT2D eigenvalue weighted by molar-refractivity contribution is -0.157. The molecule has 41 heavy (non-hydrogen) atoms. The van der Waals surface area contributed by atoms with Crippen LogP contribution in [0.3, 0.4) is 0 Å². The molecule has 4 rings (SSSR count). The number of aliphatic hydroxyl groups excluding tert-OH is 1. The molecule has 1 aliphatic carbocycles. The highest BCUT2D eigenvalue weighted by Gasteiger charge is 2.52. The predicted molar refractivity (Wildman–Crippen MR) is 161 cm³/mol. The van der Waals surface area contributed by atoms with E-state index in [-0.39, 0.29) is 49.1 Å². The summed E-state index contributed by atoms with van der Waals surface area (Å²) in [6.45, 7) is 3.78. The van der Waals surface area contributed by atoms with Gasteiger partial charge in [-0.3, -0.25) is 9.59 Å². The van der Waals surface area contributed by atoms with Crippen LogP contribution in [0.2, 0.25) is 10.0 Å². The Morgan fingerprint density at radius 3 is 2.41 bits per heavy atom. The molecule has 4 atom stereocenters. The summed E-state index contributed by atoms with van der Waals surface area (Å²) in [5.41, 5.74) is 0.702. The number of sulfonamides is 1. The molecule has 1 aliphatic heterocycles. The van der Waals surface area contributed by atoms with Crippen LogP contribution in [-0.2, 0) is 19.6 Å². The molecular weight excluding hydrogens is 585 g/mol. The van der Waals surface area contributed by atoms with E-state index in [4.69, 9.17) is 23.2 Å². The zero-order valence-corrected chi connectivity index (χ0v) is 26.1. The second-order valence-electron chi connectivity index (χ2n) is 11.5. The monoisotopic (exact) mass is 623 g/mol. The fourth-order valence-corrected chi connectivity index (χ4v) is 7.94. The smallest absolute Gasteiger partial charge is 0.229 e. The number of nitrogens with one attached hydrogen (secondary N) is 1. The molecule has 1 unspecified atom stereocenters. The molecule has 2 aromatic rings. The summed E-state index contributed by atoms with van der Waals surface area (Å²) in [7, 11) is -1.89. The zero-order chi connectivity index (χ0) is 29.9. The molecule has 11 heteroatoms. The van der Waals surface area contributed by atoms with Crippen LogP contribution in [0.5, 0.6) is 0 Å². The number of halogens is 2. The SMILES string of the molecule is CCC(CN(C)S(=O)(=O)C1CC1)N1C(=O)[C@@](C)(CC(=O)NCCO)C[C@H](c2cccc(Cl)c2)[C@H]1c1ccc(Cl)cc1. The molecule has 1 heterocycles. The lowest BCUT2D eigenvalue weighted by Crippen LogP contribution is -2.58. The van der Waals surface area contributed by atoms with E-state index in [0.717, 1.165) is 11.1 Å². The van der Waals surface area contributed by atoms with Gasteiger partial charge in [0.05, 0.1) is 23.3 Å². The lowest BCUT2D eigenvalue weighted by atomic mass is 9.67. The summed E-state index contributed by atoms with van der Waals surface area (Å²) in [5.74, 6) is -0.785. The van der Waals surface area contributed by atoms with E-state index in [0.29, 0.717) is 35.7 Å². The number of benzene rings is 2. The van der Waals surface area contributed by atoms with Crippen molar-refractivity contribution in [3.8, 4) is 0 Å². The van der Waals surface area contributed by atoms with Crippen LogP contribution in [0.4, 0.5) is 0 Å². The van der Waals surface area contributed by atoms with E-state index >= 15 is 0 Å². The van der Waals surface area contributed by atoms with Crippen molar-refractivity contribution in [2.24, 2.45) is 5.41 Å². The summed E-state index contributed by atoms with van der Waals surface area (Å²) in [6, 6.07) is 14.0. The first-order chi connectivity index (χ1) is 19.4. The average Bonchev–Trinajstić information content (AvgIpc) is 3.79. The van der Waals surface area contributed by atoms with Crippen LogP contribution in [0.25, 0.3) is 0 Å². The van der Waals surface area contributed by atoms with Crippen LogP contribution in [0.15, 0.2) is 48.5 Å². The minimum absolute atomic E-state index is 0.0701. The number of hydrogen-bond acceptors (Lipinski definition) is 5. The van der Waals surface area contributed by atoms with Crippen LogP contribution in [0, 0.1) is 5.41 Å². The number of rotatable bonds is 12. The van der Waals surface area contributed by atoms with Gasteiger partial charge in [-0.1, -0.05) is 61.3 Å². The van der Waals surface area contributed by atoms with Crippen LogP contribution in [0.1, 0.15) is 69.0 Å². The number of amides is 2. The van der Waals surface area contributed by atoms with E-state index in [1.54, 1.807) is 32.2 Å². The van der Waals surface area contributed by atoms with Gasteiger partial charge in [-0.25, -0.2) is 12.7 Å². The molecule has 0 radical (unpaired) electrons. The molecule has 1 saturated carbocycles. The summed E-state index contributed by atoms with van der Waals surface area (Å²) < 4.78 is 27.6. The Kier molecular flexibility index (Phi) is 10.1. The zero-order valence-electron chi connectivity index (χ0n) is 23.7. The largest absolute Gasteiger partial charge is 0.395 e. The quantitative estimate of drug-likeness (QED) is 0.354. The fraction of sp³-hybridized carbons (Fsp3) is 0.533. The van der Waals surface area contributed by atoms with Gasteiger partial charge in [0.25, 0.3) is 0 Å². The van der Waals surface area contributed by atoms with Crippen LogP contribution >= 0.6 is 23.2 Å². The van der Waals surface area contributed by atoms with Crippen molar-refractivity contribution < 1.29 is 23.1 Å². The van der Waals surface area contributed by atoms with E-state index in [9.17, 15) is 23.1 Å². The molecule has 0 aromatic heterocycles. The first-order valence-corrected chi connectivity index (χ1v) is 16.3. The van der Waals surface area contributed by atoms with Gasteiger partial charge in [-0.2, -0.15) is 0 Å². The van der Waals surface area contributed by atoms with Crippen molar-refractivity contribution in [2.45, 2.75) is 69.2 Å². The van der Waals surface area contributed by atoms with Crippen molar-refractivity contribution in [3.63, 3.8) is 0 Å². The summed E-state index contributed by atoms with van der Waals surface area (Å²) in [5, 5.41) is 12.7. The van der Waals surface area contributed by atoms with Gasteiger partial charge in [-0.15, -0.1) is 0 Å².